The summed E-state index contributed by atoms with van der Waals surface area (Å²) in [5.41, 5.74) is 2.65. The Morgan fingerprint density at radius 3 is 2.64 bits per heavy atom. The summed E-state index contributed by atoms with van der Waals surface area (Å²) in [6.45, 7) is 3.92. The number of aromatic nitrogens is 2. The summed E-state index contributed by atoms with van der Waals surface area (Å²) in [5.74, 6) is 0.423. The molecule has 0 spiro atoms. The van der Waals surface area contributed by atoms with Crippen molar-refractivity contribution in [2.24, 2.45) is 0 Å². The maximum Gasteiger partial charge on any atom is 0.277 e. The van der Waals surface area contributed by atoms with Gasteiger partial charge in [0.15, 0.2) is 5.78 Å². The molecule has 0 fully saturated rings. The molecule has 0 bridgehead atoms. The Morgan fingerprint density at radius 1 is 1.20 bits per heavy atom. The summed E-state index contributed by atoms with van der Waals surface area (Å²) in [5, 5.41) is 8.69. The Balaban J connectivity index is 1.70. The molecule has 3 rings (SSSR count). The molecule has 4 nitrogen and oxygen atoms in total. The molecule has 3 aromatic rings. The second-order valence-corrected chi connectivity index (χ2v) is 7.29. The van der Waals surface area contributed by atoms with Gasteiger partial charge >= 0.3 is 0 Å². The lowest BCUT2D eigenvalue weighted by molar-refractivity contribution is 0.0993. The Labute approximate surface area is 155 Å². The van der Waals surface area contributed by atoms with E-state index in [2.05, 4.69) is 17.1 Å². The zero-order valence-electron chi connectivity index (χ0n) is 13.9. The highest BCUT2D eigenvalue weighted by molar-refractivity contribution is 8.00. The minimum atomic E-state index is -0.319. The fourth-order valence-corrected chi connectivity index (χ4v) is 3.29. The molecule has 1 atom stereocenters. The first-order valence-electron chi connectivity index (χ1n) is 7.96. The highest BCUT2D eigenvalue weighted by atomic mass is 35.5. The van der Waals surface area contributed by atoms with Crippen LogP contribution in [-0.4, -0.2) is 21.2 Å². The highest BCUT2D eigenvalue weighted by Crippen LogP contribution is 2.28. The highest BCUT2D eigenvalue weighted by Gasteiger charge is 2.20. The number of Topliss-reactive ketones (excluding diaryl/α,β-unsaturated/α-hetero) is 1. The molecule has 0 radical (unpaired) electrons. The van der Waals surface area contributed by atoms with Gasteiger partial charge in [0.25, 0.3) is 5.22 Å². The van der Waals surface area contributed by atoms with E-state index in [1.54, 1.807) is 12.1 Å². The fraction of sp³-hybridized carbons (Fsp3) is 0.211. The predicted molar refractivity (Wildman–Crippen MR) is 100 cm³/mol. The van der Waals surface area contributed by atoms with Crippen molar-refractivity contribution in [2.75, 3.05) is 0 Å². The number of aryl methyl sites for hydroxylation is 1. The summed E-state index contributed by atoms with van der Waals surface area (Å²) in [4.78, 5) is 12.5. The second kappa shape index (κ2) is 7.85. The molecule has 0 amide bonds. The maximum atomic E-state index is 12.5. The van der Waals surface area contributed by atoms with Crippen molar-refractivity contribution in [3.63, 3.8) is 0 Å². The normalized spacial score (nSPS) is 12.1. The van der Waals surface area contributed by atoms with Gasteiger partial charge in [0.05, 0.1) is 5.25 Å². The fourth-order valence-electron chi connectivity index (χ4n) is 2.34. The van der Waals surface area contributed by atoms with Gasteiger partial charge in [-0.25, -0.2) is 0 Å². The minimum Gasteiger partial charge on any atom is -0.411 e. The van der Waals surface area contributed by atoms with Gasteiger partial charge in [-0.15, -0.1) is 10.2 Å². The van der Waals surface area contributed by atoms with E-state index in [-0.39, 0.29) is 11.0 Å². The molecule has 0 saturated carbocycles. The molecule has 0 unspecified atom stereocenters. The summed E-state index contributed by atoms with van der Waals surface area (Å²) in [6, 6.07) is 14.9. The third kappa shape index (κ3) is 4.30. The quantitative estimate of drug-likeness (QED) is 0.433. The summed E-state index contributed by atoms with van der Waals surface area (Å²) < 4.78 is 5.65. The number of benzene rings is 2. The number of hydrogen-bond acceptors (Lipinski definition) is 5. The number of hydrogen-bond donors (Lipinski definition) is 0. The van der Waals surface area contributed by atoms with Crippen LogP contribution in [0.1, 0.15) is 29.8 Å². The minimum absolute atomic E-state index is 0.0372. The van der Waals surface area contributed by atoms with Crippen molar-refractivity contribution in [2.45, 2.75) is 30.7 Å². The molecular weight excluding hydrogens is 356 g/mol. The zero-order chi connectivity index (χ0) is 17.8. The number of halogens is 1. The number of rotatable bonds is 6. The maximum absolute atomic E-state index is 12.5. The zero-order valence-corrected chi connectivity index (χ0v) is 15.5. The van der Waals surface area contributed by atoms with Crippen LogP contribution in [0.25, 0.3) is 11.5 Å². The van der Waals surface area contributed by atoms with Gasteiger partial charge in [-0.3, -0.25) is 4.79 Å². The molecule has 0 aliphatic rings. The number of carbonyl (C=O) groups excluding carboxylic acids is 1. The molecule has 1 heterocycles. The third-order valence-electron chi connectivity index (χ3n) is 3.77. The number of thioether (sulfide) groups is 1. The molecule has 0 saturated heterocycles. The van der Waals surface area contributed by atoms with E-state index in [0.717, 1.165) is 12.0 Å². The van der Waals surface area contributed by atoms with Gasteiger partial charge in [0.2, 0.25) is 5.89 Å². The Morgan fingerprint density at radius 2 is 1.96 bits per heavy atom. The molecule has 128 valence electrons. The summed E-state index contributed by atoms with van der Waals surface area (Å²) in [6.07, 6.45) is 0.951. The van der Waals surface area contributed by atoms with E-state index in [9.17, 15) is 4.79 Å². The van der Waals surface area contributed by atoms with Crippen LogP contribution in [0.4, 0.5) is 0 Å². The Kier molecular flexibility index (Phi) is 5.56. The van der Waals surface area contributed by atoms with Crippen LogP contribution in [-0.2, 0) is 6.42 Å². The Bertz CT molecular complexity index is 877. The first-order chi connectivity index (χ1) is 12.1. The van der Waals surface area contributed by atoms with Crippen molar-refractivity contribution >= 4 is 29.1 Å². The molecule has 0 aliphatic heterocycles. The average molecular weight is 373 g/mol. The van der Waals surface area contributed by atoms with Crippen molar-refractivity contribution < 1.29 is 9.21 Å². The van der Waals surface area contributed by atoms with Gasteiger partial charge in [-0.05, 0) is 37.1 Å². The topological polar surface area (TPSA) is 56.0 Å². The molecule has 6 heteroatoms. The first kappa shape index (κ1) is 17.7. The van der Waals surface area contributed by atoms with Crippen molar-refractivity contribution in [1.82, 2.24) is 10.2 Å². The van der Waals surface area contributed by atoms with E-state index in [1.807, 2.05) is 43.3 Å². The van der Waals surface area contributed by atoms with Gasteiger partial charge in [-0.1, -0.05) is 60.6 Å². The van der Waals surface area contributed by atoms with Crippen LogP contribution in [0.2, 0.25) is 5.02 Å². The summed E-state index contributed by atoms with van der Waals surface area (Å²) in [7, 11) is 0. The largest absolute Gasteiger partial charge is 0.411 e. The van der Waals surface area contributed by atoms with E-state index in [1.165, 1.54) is 17.3 Å². The van der Waals surface area contributed by atoms with Crippen LogP contribution < -0.4 is 0 Å². The van der Waals surface area contributed by atoms with Crippen molar-refractivity contribution in [3.8, 4) is 11.5 Å². The smallest absolute Gasteiger partial charge is 0.277 e. The lowest BCUT2D eigenvalue weighted by Gasteiger charge is -2.08. The summed E-state index contributed by atoms with van der Waals surface area (Å²) >= 11 is 7.23. The van der Waals surface area contributed by atoms with E-state index in [4.69, 9.17) is 16.0 Å². The standard InChI is InChI=1S/C19H17ClN2O2S/c1-3-13-7-9-14(10-8-13)17(23)12(2)25-19-22-21-18(24-19)15-5-4-6-16(20)11-15/h4-12H,3H2,1-2H3/t12-/m0/s1. The lowest BCUT2D eigenvalue weighted by Crippen LogP contribution is -2.13. The van der Waals surface area contributed by atoms with E-state index >= 15 is 0 Å². The molecular formula is C19H17ClN2O2S. The van der Waals surface area contributed by atoms with Crippen molar-refractivity contribution in [3.05, 3.63) is 64.7 Å². The second-order valence-electron chi connectivity index (χ2n) is 5.56. The van der Waals surface area contributed by atoms with Crippen LogP contribution in [0.3, 0.4) is 0 Å². The van der Waals surface area contributed by atoms with E-state index < -0.39 is 0 Å². The SMILES string of the molecule is CCc1ccc(C(=O)[C@H](C)Sc2nnc(-c3cccc(Cl)c3)o2)cc1. The van der Waals surface area contributed by atoms with Crippen molar-refractivity contribution in [1.29, 1.82) is 0 Å². The first-order valence-corrected chi connectivity index (χ1v) is 9.22. The van der Waals surface area contributed by atoms with Gasteiger partial charge in [0, 0.05) is 16.1 Å². The molecule has 2 aromatic carbocycles. The molecule has 0 aliphatic carbocycles. The van der Waals surface area contributed by atoms with Gasteiger partial charge in [0.1, 0.15) is 0 Å². The average Bonchev–Trinajstić information content (AvgIpc) is 3.09. The lowest BCUT2D eigenvalue weighted by atomic mass is 10.1. The number of carbonyl (C=O) groups is 1. The number of nitrogens with zero attached hydrogens (tertiary/aromatic N) is 2. The van der Waals surface area contributed by atoms with Gasteiger partial charge < -0.3 is 4.42 Å². The number of ketones is 1. The van der Waals surface area contributed by atoms with Crippen LogP contribution >= 0.6 is 23.4 Å². The van der Waals surface area contributed by atoms with Crippen LogP contribution in [0, 0.1) is 0 Å². The van der Waals surface area contributed by atoms with Crippen LogP contribution in [0.5, 0.6) is 0 Å². The van der Waals surface area contributed by atoms with E-state index in [0.29, 0.717) is 21.7 Å². The monoisotopic (exact) mass is 372 g/mol. The van der Waals surface area contributed by atoms with Crippen LogP contribution in [0.15, 0.2) is 58.2 Å². The predicted octanol–water partition coefficient (Wildman–Crippen LogP) is 5.32. The molecule has 0 N–H and O–H groups in total. The molecule has 25 heavy (non-hydrogen) atoms. The Hall–Kier alpha value is -2.11. The van der Waals surface area contributed by atoms with Gasteiger partial charge in [-0.2, -0.15) is 0 Å². The molecule has 1 aromatic heterocycles. The third-order valence-corrected chi connectivity index (χ3v) is 4.94.